The maximum Gasteiger partial charge on any atom is 0.134 e. The Labute approximate surface area is 137 Å². The molecule has 2 atom stereocenters. The summed E-state index contributed by atoms with van der Waals surface area (Å²) < 4.78 is 6.16. The molecular formula is C19H23N3O. The van der Waals surface area contributed by atoms with Gasteiger partial charge in [0.1, 0.15) is 11.3 Å². The number of aryl methyl sites for hydroxylation is 1. The Morgan fingerprint density at radius 3 is 2.52 bits per heavy atom. The van der Waals surface area contributed by atoms with Gasteiger partial charge in [-0.2, -0.15) is 0 Å². The molecule has 0 spiro atoms. The first kappa shape index (κ1) is 15.7. The number of benzene rings is 1. The van der Waals surface area contributed by atoms with Crippen LogP contribution in [0.15, 0.2) is 47.3 Å². The molecule has 0 saturated heterocycles. The van der Waals surface area contributed by atoms with Gasteiger partial charge >= 0.3 is 0 Å². The van der Waals surface area contributed by atoms with Gasteiger partial charge in [0, 0.05) is 30.0 Å². The Morgan fingerprint density at radius 2 is 1.87 bits per heavy atom. The smallest absolute Gasteiger partial charge is 0.134 e. The van der Waals surface area contributed by atoms with Crippen molar-refractivity contribution in [2.24, 2.45) is 5.92 Å². The second kappa shape index (κ2) is 6.50. The largest absolute Gasteiger partial charge is 0.459 e. The van der Waals surface area contributed by atoms with Gasteiger partial charge in [-0.25, -0.2) is 0 Å². The zero-order valence-corrected chi connectivity index (χ0v) is 14.1. The third-order valence-corrected chi connectivity index (χ3v) is 4.29. The van der Waals surface area contributed by atoms with E-state index in [9.17, 15) is 0 Å². The van der Waals surface area contributed by atoms with Crippen molar-refractivity contribution < 1.29 is 4.42 Å². The summed E-state index contributed by atoms with van der Waals surface area (Å²) in [6, 6.07) is 8.42. The summed E-state index contributed by atoms with van der Waals surface area (Å²) in [5.74, 6) is 1.41. The summed E-state index contributed by atoms with van der Waals surface area (Å²) >= 11 is 0. The average Bonchev–Trinajstić information content (AvgIpc) is 2.90. The highest BCUT2D eigenvalue weighted by molar-refractivity contribution is 5.82. The first-order valence-electron chi connectivity index (χ1n) is 8.08. The lowest BCUT2D eigenvalue weighted by Crippen LogP contribution is -2.29. The minimum Gasteiger partial charge on any atom is -0.459 e. The second-order valence-corrected chi connectivity index (χ2v) is 6.33. The van der Waals surface area contributed by atoms with E-state index in [1.54, 1.807) is 18.6 Å². The van der Waals surface area contributed by atoms with Gasteiger partial charge in [-0.05, 0) is 31.4 Å². The molecule has 0 unspecified atom stereocenters. The molecule has 0 bridgehead atoms. The molecule has 0 aliphatic rings. The molecule has 4 heteroatoms. The number of nitrogens with one attached hydrogen (secondary N) is 1. The second-order valence-electron chi connectivity index (χ2n) is 6.33. The maximum atomic E-state index is 6.16. The molecule has 3 rings (SSSR count). The molecule has 2 aromatic heterocycles. The van der Waals surface area contributed by atoms with Crippen LogP contribution in [0.25, 0.3) is 11.0 Å². The lowest BCUT2D eigenvalue weighted by Gasteiger charge is -2.25. The number of nitrogens with zero attached hydrogens (tertiary/aromatic N) is 2. The van der Waals surface area contributed by atoms with Crippen molar-refractivity contribution in [1.82, 2.24) is 15.3 Å². The quantitative estimate of drug-likeness (QED) is 0.749. The summed E-state index contributed by atoms with van der Waals surface area (Å²) in [4.78, 5) is 8.55. The SMILES string of the molecule is Cc1c([C@H](N[C@H](C)c2cnccn2)C(C)C)oc2ccccc12. The molecule has 0 fully saturated rings. The number of para-hydroxylation sites is 1. The Balaban J connectivity index is 1.93. The van der Waals surface area contributed by atoms with E-state index in [-0.39, 0.29) is 12.1 Å². The van der Waals surface area contributed by atoms with Crippen LogP contribution in [-0.4, -0.2) is 9.97 Å². The molecule has 0 radical (unpaired) electrons. The van der Waals surface area contributed by atoms with Gasteiger partial charge in [-0.1, -0.05) is 32.0 Å². The van der Waals surface area contributed by atoms with E-state index in [0.717, 1.165) is 17.0 Å². The lowest BCUT2D eigenvalue weighted by atomic mass is 9.97. The maximum absolute atomic E-state index is 6.16. The van der Waals surface area contributed by atoms with Gasteiger partial charge < -0.3 is 4.42 Å². The molecule has 0 saturated carbocycles. The molecule has 23 heavy (non-hydrogen) atoms. The molecule has 1 N–H and O–H groups in total. The molecule has 3 aromatic rings. The molecule has 4 nitrogen and oxygen atoms in total. The van der Waals surface area contributed by atoms with Gasteiger partial charge in [0.15, 0.2) is 0 Å². The van der Waals surface area contributed by atoms with Crippen LogP contribution < -0.4 is 5.32 Å². The number of aromatic nitrogens is 2. The molecule has 0 aliphatic carbocycles. The van der Waals surface area contributed by atoms with Crippen molar-refractivity contribution in [2.75, 3.05) is 0 Å². The van der Waals surface area contributed by atoms with E-state index in [4.69, 9.17) is 4.42 Å². The lowest BCUT2D eigenvalue weighted by molar-refractivity contribution is 0.320. The normalized spacial score (nSPS) is 14.3. The van der Waals surface area contributed by atoms with E-state index in [0.29, 0.717) is 5.92 Å². The topological polar surface area (TPSA) is 51.0 Å². The van der Waals surface area contributed by atoms with Crippen molar-refractivity contribution in [3.63, 3.8) is 0 Å². The predicted octanol–water partition coefficient (Wildman–Crippen LogP) is 4.58. The number of rotatable bonds is 5. The van der Waals surface area contributed by atoms with E-state index in [1.807, 2.05) is 12.1 Å². The standard InChI is InChI=1S/C19H23N3O/c1-12(2)18(22-14(4)16-11-20-9-10-21-16)19-13(3)15-7-5-6-8-17(15)23-19/h5-12,14,18,22H,1-4H3/t14-,18-/m1/s1. The minimum absolute atomic E-state index is 0.101. The van der Waals surface area contributed by atoms with Crippen LogP contribution in [0.5, 0.6) is 0 Å². The third-order valence-electron chi connectivity index (χ3n) is 4.29. The van der Waals surface area contributed by atoms with Crippen LogP contribution in [0.3, 0.4) is 0 Å². The van der Waals surface area contributed by atoms with Gasteiger partial charge in [-0.15, -0.1) is 0 Å². The van der Waals surface area contributed by atoms with E-state index >= 15 is 0 Å². The Hall–Kier alpha value is -2.20. The van der Waals surface area contributed by atoms with Crippen LogP contribution >= 0.6 is 0 Å². The van der Waals surface area contributed by atoms with Gasteiger partial charge in [-0.3, -0.25) is 15.3 Å². The third kappa shape index (κ3) is 3.13. The summed E-state index contributed by atoms with van der Waals surface area (Å²) in [5, 5.41) is 4.84. The predicted molar refractivity (Wildman–Crippen MR) is 92.1 cm³/mol. The Kier molecular flexibility index (Phi) is 4.44. The fourth-order valence-corrected chi connectivity index (χ4v) is 2.95. The first-order valence-corrected chi connectivity index (χ1v) is 8.08. The van der Waals surface area contributed by atoms with Crippen LogP contribution in [0.2, 0.25) is 0 Å². The van der Waals surface area contributed by atoms with Gasteiger partial charge in [0.25, 0.3) is 0 Å². The van der Waals surface area contributed by atoms with Gasteiger partial charge in [0.2, 0.25) is 0 Å². The van der Waals surface area contributed by atoms with E-state index in [1.165, 1.54) is 10.9 Å². The van der Waals surface area contributed by atoms with Crippen molar-refractivity contribution in [2.45, 2.75) is 39.8 Å². The molecule has 2 heterocycles. The minimum atomic E-state index is 0.101. The molecule has 1 aromatic carbocycles. The Morgan fingerprint density at radius 1 is 1.09 bits per heavy atom. The molecule has 120 valence electrons. The van der Waals surface area contributed by atoms with Crippen molar-refractivity contribution in [3.05, 3.63) is 59.9 Å². The van der Waals surface area contributed by atoms with Crippen LogP contribution in [0.4, 0.5) is 0 Å². The average molecular weight is 309 g/mol. The van der Waals surface area contributed by atoms with Crippen LogP contribution in [0.1, 0.15) is 49.9 Å². The highest BCUT2D eigenvalue weighted by Gasteiger charge is 2.25. The number of fused-ring (bicyclic) bond motifs is 1. The van der Waals surface area contributed by atoms with Crippen molar-refractivity contribution in [1.29, 1.82) is 0 Å². The molecular weight excluding hydrogens is 286 g/mol. The zero-order chi connectivity index (χ0) is 16.4. The molecule has 0 aliphatic heterocycles. The fraction of sp³-hybridized carbons (Fsp3) is 0.368. The highest BCUT2D eigenvalue weighted by Crippen LogP contribution is 2.34. The zero-order valence-electron chi connectivity index (χ0n) is 14.1. The fourth-order valence-electron chi connectivity index (χ4n) is 2.95. The van der Waals surface area contributed by atoms with Crippen molar-refractivity contribution >= 4 is 11.0 Å². The van der Waals surface area contributed by atoms with Crippen LogP contribution in [0, 0.1) is 12.8 Å². The summed E-state index contributed by atoms with van der Waals surface area (Å²) in [6.45, 7) is 8.64. The summed E-state index contributed by atoms with van der Waals surface area (Å²) in [7, 11) is 0. The van der Waals surface area contributed by atoms with E-state index < -0.39 is 0 Å². The van der Waals surface area contributed by atoms with Crippen molar-refractivity contribution in [3.8, 4) is 0 Å². The number of furan rings is 1. The molecule has 0 amide bonds. The number of hydrogen-bond donors (Lipinski definition) is 1. The number of hydrogen-bond acceptors (Lipinski definition) is 4. The highest BCUT2D eigenvalue weighted by atomic mass is 16.3. The van der Waals surface area contributed by atoms with Crippen LogP contribution in [-0.2, 0) is 0 Å². The Bertz CT molecular complexity index is 780. The summed E-state index contributed by atoms with van der Waals surface area (Å²) in [6.07, 6.45) is 5.23. The summed E-state index contributed by atoms with van der Waals surface area (Å²) in [5.41, 5.74) is 3.09. The monoisotopic (exact) mass is 309 g/mol. The van der Waals surface area contributed by atoms with E-state index in [2.05, 4.69) is 55.1 Å². The van der Waals surface area contributed by atoms with Gasteiger partial charge in [0.05, 0.1) is 11.7 Å². The first-order chi connectivity index (χ1) is 11.1.